The fraction of sp³-hybridized carbons (Fsp3) is 0.647. The first kappa shape index (κ1) is 15.8. The molecule has 112 valence electrons. The molecule has 3 heteroatoms. The zero-order valence-electron chi connectivity index (χ0n) is 12.6. The zero-order chi connectivity index (χ0) is 14.4. The summed E-state index contributed by atoms with van der Waals surface area (Å²) in [4.78, 5) is 2.41. The van der Waals surface area contributed by atoms with E-state index in [1.165, 1.54) is 44.1 Å². The van der Waals surface area contributed by atoms with Crippen molar-refractivity contribution in [2.75, 3.05) is 20.1 Å². The molecule has 0 unspecified atom stereocenters. The van der Waals surface area contributed by atoms with Crippen LogP contribution in [0.2, 0.25) is 5.02 Å². The van der Waals surface area contributed by atoms with Crippen molar-refractivity contribution in [2.24, 2.45) is 11.1 Å². The molecule has 2 nitrogen and oxygen atoms in total. The predicted octanol–water partition coefficient (Wildman–Crippen LogP) is 4.07. The van der Waals surface area contributed by atoms with Crippen LogP contribution in [0.5, 0.6) is 0 Å². The first-order chi connectivity index (χ1) is 9.63. The molecule has 2 rings (SSSR count). The Morgan fingerprint density at radius 1 is 1.20 bits per heavy atom. The van der Waals surface area contributed by atoms with Crippen LogP contribution in [0.15, 0.2) is 24.3 Å². The highest BCUT2D eigenvalue weighted by Gasteiger charge is 2.30. The molecule has 0 bridgehead atoms. The number of halogens is 1. The Kier molecular flexibility index (Phi) is 5.88. The molecule has 20 heavy (non-hydrogen) atoms. The molecule has 1 aliphatic rings. The van der Waals surface area contributed by atoms with Crippen LogP contribution in [0.1, 0.15) is 44.1 Å². The molecule has 1 saturated carbocycles. The van der Waals surface area contributed by atoms with Gasteiger partial charge >= 0.3 is 0 Å². The van der Waals surface area contributed by atoms with Crippen LogP contribution in [0, 0.1) is 5.41 Å². The lowest BCUT2D eigenvalue weighted by atomic mass is 9.80. The van der Waals surface area contributed by atoms with Crippen LogP contribution < -0.4 is 5.73 Å². The Labute approximate surface area is 128 Å². The first-order valence-electron chi connectivity index (χ1n) is 7.77. The van der Waals surface area contributed by atoms with Crippen molar-refractivity contribution in [2.45, 2.75) is 45.1 Å². The van der Waals surface area contributed by atoms with E-state index >= 15 is 0 Å². The van der Waals surface area contributed by atoms with Gasteiger partial charge in [-0.2, -0.15) is 0 Å². The Morgan fingerprint density at radius 3 is 2.50 bits per heavy atom. The second-order valence-corrected chi connectivity index (χ2v) is 6.86. The first-order valence-corrected chi connectivity index (χ1v) is 8.14. The smallest absolute Gasteiger partial charge is 0.0409 e. The maximum absolute atomic E-state index is 6.13. The highest BCUT2D eigenvalue weighted by atomic mass is 35.5. The molecule has 0 atom stereocenters. The second kappa shape index (κ2) is 7.44. The van der Waals surface area contributed by atoms with Crippen molar-refractivity contribution in [1.29, 1.82) is 0 Å². The van der Waals surface area contributed by atoms with E-state index in [0.717, 1.165) is 24.7 Å². The second-order valence-electron chi connectivity index (χ2n) is 6.42. The summed E-state index contributed by atoms with van der Waals surface area (Å²) in [5, 5.41) is 0.818. The molecule has 0 heterocycles. The van der Waals surface area contributed by atoms with E-state index < -0.39 is 0 Å². The summed E-state index contributed by atoms with van der Waals surface area (Å²) < 4.78 is 0. The topological polar surface area (TPSA) is 29.3 Å². The van der Waals surface area contributed by atoms with Crippen molar-refractivity contribution < 1.29 is 0 Å². The van der Waals surface area contributed by atoms with E-state index in [0.29, 0.717) is 5.41 Å². The van der Waals surface area contributed by atoms with Gasteiger partial charge in [0.15, 0.2) is 0 Å². The van der Waals surface area contributed by atoms with Crippen molar-refractivity contribution in [1.82, 2.24) is 4.90 Å². The average molecular weight is 295 g/mol. The van der Waals surface area contributed by atoms with Gasteiger partial charge in [-0.3, -0.25) is 0 Å². The largest absolute Gasteiger partial charge is 0.330 e. The van der Waals surface area contributed by atoms with Crippen molar-refractivity contribution in [3.05, 3.63) is 34.9 Å². The van der Waals surface area contributed by atoms with E-state index in [4.69, 9.17) is 17.3 Å². The standard InChI is InChI=1S/C17H27ClN2/c1-20(12-15-7-6-8-16(18)11-15)14-17(13-19)9-4-2-3-5-10-17/h6-8,11H,2-5,9-10,12-14,19H2,1H3. The maximum atomic E-state index is 6.13. The summed E-state index contributed by atoms with van der Waals surface area (Å²) >= 11 is 6.06. The van der Waals surface area contributed by atoms with Crippen LogP contribution in [0.3, 0.4) is 0 Å². The minimum Gasteiger partial charge on any atom is -0.330 e. The van der Waals surface area contributed by atoms with Gasteiger partial charge in [0.05, 0.1) is 0 Å². The third kappa shape index (κ3) is 4.47. The average Bonchev–Trinajstić information content (AvgIpc) is 2.65. The van der Waals surface area contributed by atoms with E-state index in [-0.39, 0.29) is 0 Å². The van der Waals surface area contributed by atoms with Crippen LogP contribution >= 0.6 is 11.6 Å². The summed E-state index contributed by atoms with van der Waals surface area (Å²) in [5.74, 6) is 0. The zero-order valence-corrected chi connectivity index (χ0v) is 13.3. The van der Waals surface area contributed by atoms with Crippen LogP contribution in [0.25, 0.3) is 0 Å². The van der Waals surface area contributed by atoms with Gasteiger partial charge in [0, 0.05) is 18.1 Å². The SMILES string of the molecule is CN(Cc1cccc(Cl)c1)CC1(CN)CCCCCC1. The molecule has 0 saturated heterocycles. The van der Waals surface area contributed by atoms with Gasteiger partial charge in [-0.15, -0.1) is 0 Å². The van der Waals surface area contributed by atoms with Gasteiger partial charge in [-0.1, -0.05) is 49.4 Å². The van der Waals surface area contributed by atoms with Gasteiger partial charge in [-0.05, 0) is 49.5 Å². The lowest BCUT2D eigenvalue weighted by Gasteiger charge is -2.35. The Balaban J connectivity index is 1.96. The molecule has 0 aromatic heterocycles. The molecule has 1 aliphatic carbocycles. The highest BCUT2D eigenvalue weighted by Crippen LogP contribution is 2.35. The Bertz CT molecular complexity index is 411. The molecule has 2 N–H and O–H groups in total. The molecule has 0 radical (unpaired) electrons. The van der Waals surface area contributed by atoms with E-state index in [1.807, 2.05) is 12.1 Å². The van der Waals surface area contributed by atoms with Gasteiger partial charge in [0.25, 0.3) is 0 Å². The van der Waals surface area contributed by atoms with Crippen molar-refractivity contribution in [3.63, 3.8) is 0 Å². The summed E-state index contributed by atoms with van der Waals surface area (Å²) in [6, 6.07) is 8.15. The molecule has 1 fully saturated rings. The number of nitrogens with zero attached hydrogens (tertiary/aromatic N) is 1. The van der Waals surface area contributed by atoms with Gasteiger partial charge in [0.2, 0.25) is 0 Å². The molecule has 0 aliphatic heterocycles. The van der Waals surface area contributed by atoms with Crippen molar-refractivity contribution in [3.8, 4) is 0 Å². The molecule has 1 aromatic rings. The van der Waals surface area contributed by atoms with Gasteiger partial charge in [0.1, 0.15) is 0 Å². The molecular formula is C17H27ClN2. The van der Waals surface area contributed by atoms with Crippen molar-refractivity contribution >= 4 is 11.6 Å². The van der Waals surface area contributed by atoms with E-state index in [9.17, 15) is 0 Å². The number of benzene rings is 1. The summed E-state index contributed by atoms with van der Waals surface area (Å²) in [6.45, 7) is 2.85. The quantitative estimate of drug-likeness (QED) is 0.830. The molecule has 0 amide bonds. The Hall–Kier alpha value is -0.570. The molecule has 1 aromatic carbocycles. The summed E-state index contributed by atoms with van der Waals surface area (Å²) in [5.41, 5.74) is 7.73. The summed E-state index contributed by atoms with van der Waals surface area (Å²) in [6.07, 6.45) is 7.98. The van der Waals surface area contributed by atoms with Gasteiger partial charge in [-0.25, -0.2) is 0 Å². The lowest BCUT2D eigenvalue weighted by molar-refractivity contribution is 0.153. The maximum Gasteiger partial charge on any atom is 0.0409 e. The Morgan fingerprint density at radius 2 is 1.90 bits per heavy atom. The normalized spacial score (nSPS) is 19.0. The van der Waals surface area contributed by atoms with E-state index in [1.54, 1.807) is 0 Å². The third-order valence-corrected chi connectivity index (χ3v) is 4.78. The van der Waals surface area contributed by atoms with Crippen LogP contribution in [0.4, 0.5) is 0 Å². The number of rotatable bonds is 5. The lowest BCUT2D eigenvalue weighted by Crippen LogP contribution is -2.40. The third-order valence-electron chi connectivity index (χ3n) is 4.54. The molecule has 0 spiro atoms. The number of nitrogens with two attached hydrogens (primary N) is 1. The van der Waals surface area contributed by atoms with Gasteiger partial charge < -0.3 is 10.6 Å². The molecular weight excluding hydrogens is 268 g/mol. The predicted molar refractivity (Wildman–Crippen MR) is 87.0 cm³/mol. The van der Waals surface area contributed by atoms with Crippen LogP contribution in [-0.2, 0) is 6.54 Å². The van der Waals surface area contributed by atoms with E-state index in [2.05, 4.69) is 24.1 Å². The number of hydrogen-bond acceptors (Lipinski definition) is 2. The summed E-state index contributed by atoms with van der Waals surface area (Å²) in [7, 11) is 2.20. The van der Waals surface area contributed by atoms with Crippen LogP contribution in [-0.4, -0.2) is 25.0 Å². The minimum absolute atomic E-state index is 0.323. The highest BCUT2D eigenvalue weighted by molar-refractivity contribution is 6.30. The fourth-order valence-corrected chi connectivity index (χ4v) is 3.69. The monoisotopic (exact) mass is 294 g/mol. The number of hydrogen-bond donors (Lipinski definition) is 1. The minimum atomic E-state index is 0.323. The fourth-order valence-electron chi connectivity index (χ4n) is 3.48.